The number of carbonyl (C=O) groups excluding carboxylic acids is 2. The van der Waals surface area contributed by atoms with Gasteiger partial charge in [0.25, 0.3) is 0 Å². The average molecular weight is 549 g/mol. The van der Waals surface area contributed by atoms with Gasteiger partial charge in [-0.3, -0.25) is 9.59 Å². The van der Waals surface area contributed by atoms with Crippen LogP contribution in [-0.4, -0.2) is 67.0 Å². The molecule has 1 spiro atoms. The van der Waals surface area contributed by atoms with Crippen molar-refractivity contribution in [2.75, 3.05) is 44.8 Å². The molecule has 2 aliphatic heterocycles. The van der Waals surface area contributed by atoms with Gasteiger partial charge in [0.05, 0.1) is 6.67 Å². The van der Waals surface area contributed by atoms with E-state index in [9.17, 15) is 9.59 Å². The number of likely N-dealkylation sites (tertiary alicyclic amines) is 1. The number of anilines is 1. The van der Waals surface area contributed by atoms with Crippen molar-refractivity contribution in [2.24, 2.45) is 11.8 Å². The topological polar surface area (TPSA) is 55.9 Å². The molecule has 2 aliphatic carbocycles. The fourth-order valence-corrected chi connectivity index (χ4v) is 7.87. The summed E-state index contributed by atoms with van der Waals surface area (Å²) in [7, 11) is 1.99. The van der Waals surface area contributed by atoms with E-state index < -0.39 is 5.54 Å². The van der Waals surface area contributed by atoms with Crippen molar-refractivity contribution in [1.82, 2.24) is 15.1 Å². The number of amides is 2. The van der Waals surface area contributed by atoms with Crippen LogP contribution in [0.3, 0.4) is 0 Å². The van der Waals surface area contributed by atoms with Gasteiger partial charge in [-0.25, -0.2) is 0 Å². The van der Waals surface area contributed by atoms with Gasteiger partial charge in [-0.2, -0.15) is 0 Å². The Hall–Kier alpha value is -2.57. The van der Waals surface area contributed by atoms with Gasteiger partial charge in [-0.1, -0.05) is 48.7 Å². The third-order valence-electron chi connectivity index (χ3n) is 10.0. The molecule has 0 unspecified atom stereocenters. The number of nitrogens with one attached hydrogen (secondary N) is 1. The van der Waals surface area contributed by atoms with Crippen molar-refractivity contribution < 1.29 is 9.59 Å². The highest BCUT2D eigenvalue weighted by Crippen LogP contribution is 2.56. The number of piperidine rings is 1. The van der Waals surface area contributed by atoms with Gasteiger partial charge >= 0.3 is 0 Å². The number of hydrogen-bond donors (Lipinski definition) is 1. The molecule has 4 fully saturated rings. The summed E-state index contributed by atoms with van der Waals surface area (Å²) in [6, 6.07) is 16.7. The normalized spacial score (nSPS) is 26.7. The molecule has 208 valence electrons. The van der Waals surface area contributed by atoms with Crippen molar-refractivity contribution in [2.45, 2.75) is 62.8 Å². The minimum atomic E-state index is -0.466. The lowest BCUT2D eigenvalue weighted by atomic mass is 9.85. The van der Waals surface area contributed by atoms with Crippen molar-refractivity contribution in [3.05, 3.63) is 64.7 Å². The lowest BCUT2D eigenvalue weighted by Gasteiger charge is -2.43. The van der Waals surface area contributed by atoms with Crippen LogP contribution in [0.1, 0.15) is 56.1 Å². The first-order valence-electron chi connectivity index (χ1n) is 14.7. The molecule has 6 rings (SSSR count). The van der Waals surface area contributed by atoms with Crippen LogP contribution in [0.15, 0.2) is 48.5 Å². The van der Waals surface area contributed by atoms with Gasteiger partial charge in [-0.15, -0.1) is 0 Å². The summed E-state index contributed by atoms with van der Waals surface area (Å²) in [5.41, 5.74) is 3.06. The number of benzene rings is 2. The molecule has 39 heavy (non-hydrogen) atoms. The van der Waals surface area contributed by atoms with Crippen LogP contribution in [-0.2, 0) is 15.0 Å². The zero-order valence-electron chi connectivity index (χ0n) is 23.3. The van der Waals surface area contributed by atoms with Crippen LogP contribution in [0.25, 0.3) is 0 Å². The largest absolute Gasteiger partial charge is 0.345 e. The second kappa shape index (κ2) is 10.4. The predicted molar refractivity (Wildman–Crippen MR) is 156 cm³/mol. The van der Waals surface area contributed by atoms with Gasteiger partial charge in [0.2, 0.25) is 11.8 Å². The minimum absolute atomic E-state index is 0.0542. The summed E-state index contributed by atoms with van der Waals surface area (Å²) in [6.45, 7) is 6.20. The van der Waals surface area contributed by atoms with E-state index in [0.29, 0.717) is 18.5 Å². The monoisotopic (exact) mass is 548 g/mol. The number of rotatable bonds is 7. The molecule has 2 heterocycles. The maximum absolute atomic E-state index is 13.2. The van der Waals surface area contributed by atoms with Crippen molar-refractivity contribution in [3.8, 4) is 0 Å². The second-order valence-electron chi connectivity index (χ2n) is 12.5. The summed E-state index contributed by atoms with van der Waals surface area (Å²) >= 11 is 6.44. The van der Waals surface area contributed by atoms with E-state index in [0.717, 1.165) is 69.0 Å². The molecule has 7 heteroatoms. The summed E-state index contributed by atoms with van der Waals surface area (Å²) in [5.74, 6) is 1.13. The zero-order valence-corrected chi connectivity index (χ0v) is 24.1. The Morgan fingerprint density at radius 1 is 1.10 bits per heavy atom. The Morgan fingerprint density at radius 3 is 2.56 bits per heavy atom. The highest BCUT2D eigenvalue weighted by atomic mass is 35.5. The Bertz CT molecular complexity index is 1240. The van der Waals surface area contributed by atoms with E-state index in [2.05, 4.69) is 58.4 Å². The molecular weight excluding hydrogens is 508 g/mol. The van der Waals surface area contributed by atoms with E-state index >= 15 is 0 Å². The molecule has 2 aromatic carbocycles. The minimum Gasteiger partial charge on any atom is -0.345 e. The van der Waals surface area contributed by atoms with Crippen LogP contribution in [0.2, 0.25) is 5.02 Å². The Labute approximate surface area is 237 Å². The number of likely N-dealkylation sites (N-methyl/N-ethyl adjacent to an activating group) is 1. The molecule has 2 amide bonds. The molecular formula is C32H41ClN4O2. The molecule has 6 nitrogen and oxygen atoms in total. The van der Waals surface area contributed by atoms with Gasteiger partial charge in [0.1, 0.15) is 5.54 Å². The van der Waals surface area contributed by atoms with E-state index in [-0.39, 0.29) is 17.2 Å². The quantitative estimate of drug-likeness (QED) is 0.530. The standard InChI is InChI=1S/C32H41ClN4O2/c1-23-7-5-12-28(17-23)37-22-34-30(39)32(37)13-15-36(16-14-32)20-26-19-31(26,25-10-6-11-27(33)18-25)21-35(2)29(38)24-8-3-4-9-24/h5-7,10-12,17-18,24,26H,3-4,8-9,13-16,19-22H2,1-2H3,(H,34,39)/t26-,31+/m0/s1. The van der Waals surface area contributed by atoms with E-state index in [1.807, 2.05) is 24.1 Å². The first-order chi connectivity index (χ1) is 18.8. The Morgan fingerprint density at radius 2 is 1.85 bits per heavy atom. The van der Waals surface area contributed by atoms with Crippen LogP contribution in [0, 0.1) is 18.8 Å². The van der Waals surface area contributed by atoms with Gasteiger partial charge < -0.3 is 20.0 Å². The summed E-state index contributed by atoms with van der Waals surface area (Å²) in [4.78, 5) is 33.2. The molecule has 0 radical (unpaired) electrons. The number of nitrogens with zero attached hydrogens (tertiary/aromatic N) is 3. The van der Waals surface area contributed by atoms with Gasteiger partial charge in [0, 0.05) is 55.3 Å². The Balaban J connectivity index is 1.15. The van der Waals surface area contributed by atoms with Crippen molar-refractivity contribution in [3.63, 3.8) is 0 Å². The highest BCUT2D eigenvalue weighted by Gasteiger charge is 2.57. The first-order valence-corrected chi connectivity index (χ1v) is 15.0. The number of carbonyl (C=O) groups is 2. The number of halogens is 1. The third kappa shape index (κ3) is 4.95. The Kier molecular flexibility index (Phi) is 7.13. The first kappa shape index (κ1) is 26.6. The maximum atomic E-state index is 13.2. The fourth-order valence-electron chi connectivity index (χ4n) is 7.68. The van der Waals surface area contributed by atoms with E-state index in [1.165, 1.54) is 24.0 Å². The molecule has 2 aromatic rings. The second-order valence-corrected chi connectivity index (χ2v) is 12.9. The summed E-state index contributed by atoms with van der Waals surface area (Å²) in [6.07, 6.45) is 7.10. The lowest BCUT2D eigenvalue weighted by molar-refractivity contribution is -0.134. The van der Waals surface area contributed by atoms with Gasteiger partial charge in [-0.05, 0) is 80.3 Å². The van der Waals surface area contributed by atoms with Crippen LogP contribution >= 0.6 is 11.6 Å². The van der Waals surface area contributed by atoms with Gasteiger partial charge in [0.15, 0.2) is 0 Å². The lowest BCUT2D eigenvalue weighted by Crippen LogP contribution is -2.56. The van der Waals surface area contributed by atoms with Crippen molar-refractivity contribution >= 4 is 29.1 Å². The number of hydrogen-bond acceptors (Lipinski definition) is 4. The van der Waals surface area contributed by atoms with Crippen LogP contribution in [0.5, 0.6) is 0 Å². The molecule has 2 atom stereocenters. The third-order valence-corrected chi connectivity index (χ3v) is 10.3. The molecule has 1 N–H and O–H groups in total. The van der Waals surface area contributed by atoms with E-state index in [1.54, 1.807) is 0 Å². The molecule has 4 aliphatic rings. The molecule has 2 saturated heterocycles. The SMILES string of the molecule is Cc1cccc(N2CNC(=O)C23CCN(C[C@@H]2C[C@@]2(CN(C)C(=O)C2CCCC2)c2cccc(Cl)c2)CC3)c1. The molecule has 2 saturated carbocycles. The zero-order chi connectivity index (χ0) is 27.2. The molecule has 0 aromatic heterocycles. The average Bonchev–Trinajstić information content (AvgIpc) is 3.24. The summed E-state index contributed by atoms with van der Waals surface area (Å²) < 4.78 is 0. The fraction of sp³-hybridized carbons (Fsp3) is 0.562. The molecule has 0 bridgehead atoms. The van der Waals surface area contributed by atoms with Crippen molar-refractivity contribution in [1.29, 1.82) is 0 Å². The van der Waals surface area contributed by atoms with Crippen LogP contribution in [0.4, 0.5) is 5.69 Å². The predicted octanol–water partition coefficient (Wildman–Crippen LogP) is 4.98. The maximum Gasteiger partial charge on any atom is 0.247 e. The smallest absolute Gasteiger partial charge is 0.247 e. The number of aryl methyl sites for hydroxylation is 1. The summed E-state index contributed by atoms with van der Waals surface area (Å²) in [5, 5.41) is 3.88. The van der Waals surface area contributed by atoms with Crippen LogP contribution < -0.4 is 10.2 Å². The highest BCUT2D eigenvalue weighted by molar-refractivity contribution is 6.30. The van der Waals surface area contributed by atoms with E-state index in [4.69, 9.17) is 11.6 Å².